The van der Waals surface area contributed by atoms with Crippen LogP contribution in [0.2, 0.25) is 0 Å². The van der Waals surface area contributed by atoms with Crippen molar-refractivity contribution in [2.75, 3.05) is 46.0 Å². The highest BCUT2D eigenvalue weighted by Crippen LogP contribution is 2.40. The number of ether oxygens (including phenoxy) is 3. The number of morpholine rings is 1. The van der Waals surface area contributed by atoms with Gasteiger partial charge >= 0.3 is 0 Å². The van der Waals surface area contributed by atoms with Crippen LogP contribution in [0.5, 0.6) is 11.5 Å². The van der Waals surface area contributed by atoms with E-state index in [1.54, 1.807) is 29.2 Å². The van der Waals surface area contributed by atoms with E-state index in [0.29, 0.717) is 62.1 Å². The zero-order chi connectivity index (χ0) is 27.9. The Kier molecular flexibility index (Phi) is 8.78. The van der Waals surface area contributed by atoms with Crippen LogP contribution in [0, 0.1) is 0 Å². The van der Waals surface area contributed by atoms with Crippen molar-refractivity contribution < 1.29 is 28.9 Å². The van der Waals surface area contributed by atoms with Crippen molar-refractivity contribution in [3.63, 3.8) is 0 Å². The number of nitrogens with zero attached hydrogens (tertiary/aromatic N) is 2. The first kappa shape index (κ1) is 27.4. The Hall–Kier alpha value is -4.14. The van der Waals surface area contributed by atoms with Crippen LogP contribution in [0.4, 0.5) is 0 Å². The summed E-state index contributed by atoms with van der Waals surface area (Å²) in [5.74, 6) is -0.266. The lowest BCUT2D eigenvalue weighted by Gasteiger charge is -2.31. The maximum atomic E-state index is 13.4. The number of amides is 1. The summed E-state index contributed by atoms with van der Waals surface area (Å²) in [6.45, 7) is 6.54. The number of rotatable bonds is 10. The lowest BCUT2D eigenvalue weighted by molar-refractivity contribution is -0.140. The fourth-order valence-corrected chi connectivity index (χ4v) is 5.08. The first-order valence-electron chi connectivity index (χ1n) is 13.6. The number of carbonyl (C=O) groups excluding carboxylic acids is 2. The van der Waals surface area contributed by atoms with Crippen LogP contribution in [0.15, 0.2) is 84.4 Å². The summed E-state index contributed by atoms with van der Waals surface area (Å²) in [6, 6.07) is 23.3. The van der Waals surface area contributed by atoms with Gasteiger partial charge < -0.3 is 24.2 Å². The van der Waals surface area contributed by atoms with Gasteiger partial charge in [-0.3, -0.25) is 14.5 Å². The van der Waals surface area contributed by atoms with Crippen molar-refractivity contribution in [2.45, 2.75) is 19.6 Å². The predicted molar refractivity (Wildman–Crippen MR) is 151 cm³/mol. The smallest absolute Gasteiger partial charge is 0.295 e. The van der Waals surface area contributed by atoms with Crippen molar-refractivity contribution in [3.05, 3.63) is 101 Å². The lowest BCUT2D eigenvalue weighted by Crippen LogP contribution is -2.42. The fourth-order valence-electron chi connectivity index (χ4n) is 5.08. The predicted octanol–water partition coefficient (Wildman–Crippen LogP) is 4.42. The molecular weight excluding hydrogens is 508 g/mol. The minimum atomic E-state index is -0.757. The van der Waals surface area contributed by atoms with Crippen LogP contribution in [0.25, 0.3) is 5.76 Å². The Morgan fingerprint density at radius 3 is 2.38 bits per heavy atom. The van der Waals surface area contributed by atoms with Gasteiger partial charge in [-0.05, 0) is 54.4 Å². The second-order valence-corrected chi connectivity index (χ2v) is 9.75. The van der Waals surface area contributed by atoms with E-state index in [4.69, 9.17) is 14.2 Å². The molecule has 0 aliphatic carbocycles. The number of carbonyl (C=O) groups is 2. The van der Waals surface area contributed by atoms with Crippen molar-refractivity contribution in [1.82, 2.24) is 9.80 Å². The number of hydrogen-bond acceptors (Lipinski definition) is 7. The van der Waals surface area contributed by atoms with E-state index in [1.165, 1.54) is 0 Å². The highest BCUT2D eigenvalue weighted by atomic mass is 16.5. The molecule has 2 fully saturated rings. The summed E-state index contributed by atoms with van der Waals surface area (Å²) in [6.07, 6.45) is 0. The third-order valence-electron chi connectivity index (χ3n) is 7.16. The summed E-state index contributed by atoms with van der Waals surface area (Å²) < 4.78 is 17.0. The Morgan fingerprint density at radius 1 is 0.900 bits per heavy atom. The molecule has 208 valence electrons. The molecule has 0 bridgehead atoms. The molecule has 0 radical (unpaired) electrons. The molecule has 1 N–H and O–H groups in total. The van der Waals surface area contributed by atoms with Crippen LogP contribution in [-0.4, -0.2) is 72.6 Å². The fraction of sp³-hybridized carbons (Fsp3) is 0.312. The molecule has 2 aliphatic heterocycles. The largest absolute Gasteiger partial charge is 0.507 e. The molecule has 2 aliphatic rings. The van der Waals surface area contributed by atoms with Crippen LogP contribution in [-0.2, 0) is 20.9 Å². The third kappa shape index (κ3) is 6.19. The van der Waals surface area contributed by atoms with Gasteiger partial charge in [-0.1, -0.05) is 42.5 Å². The molecule has 3 aromatic rings. The number of aliphatic hydroxyl groups excluding tert-OH is 1. The Morgan fingerprint density at radius 2 is 1.65 bits per heavy atom. The molecule has 0 aromatic heterocycles. The quantitative estimate of drug-likeness (QED) is 0.231. The van der Waals surface area contributed by atoms with E-state index in [9.17, 15) is 14.7 Å². The number of likely N-dealkylation sites (tertiary alicyclic amines) is 1. The number of aliphatic hydroxyl groups is 1. The molecule has 40 heavy (non-hydrogen) atoms. The molecule has 8 heteroatoms. The Bertz CT molecular complexity index is 1350. The molecule has 2 saturated heterocycles. The van der Waals surface area contributed by atoms with Gasteiger partial charge in [-0.2, -0.15) is 0 Å². The standard InChI is InChI=1S/C32H34N2O6/c1-2-39-26-13-11-24(12-14-26)30(35)28-29(34(32(37)31(28)36)16-15-33-17-19-38-20-18-33)25-9-6-10-27(21-25)40-22-23-7-4-3-5-8-23/h3-14,21,29,35H,2,15-20,22H2,1H3/b30-28+. The van der Waals surface area contributed by atoms with Crippen LogP contribution in [0.3, 0.4) is 0 Å². The lowest BCUT2D eigenvalue weighted by atomic mass is 9.95. The highest BCUT2D eigenvalue weighted by Gasteiger charge is 2.46. The average molecular weight is 543 g/mol. The minimum Gasteiger partial charge on any atom is -0.507 e. The minimum absolute atomic E-state index is 0.0661. The molecule has 0 spiro atoms. The van der Waals surface area contributed by atoms with E-state index in [1.807, 2.05) is 61.5 Å². The normalized spacial score (nSPS) is 19.1. The molecule has 2 heterocycles. The van der Waals surface area contributed by atoms with Crippen LogP contribution in [0.1, 0.15) is 29.7 Å². The summed E-state index contributed by atoms with van der Waals surface area (Å²) >= 11 is 0. The number of hydrogen-bond donors (Lipinski definition) is 1. The maximum Gasteiger partial charge on any atom is 0.295 e. The van der Waals surface area contributed by atoms with E-state index in [0.717, 1.165) is 18.7 Å². The number of Topliss-reactive ketones (excluding diaryl/α,β-unsaturated/α-hetero) is 1. The van der Waals surface area contributed by atoms with Gasteiger partial charge in [0.05, 0.1) is 31.4 Å². The SMILES string of the molecule is CCOc1ccc(/C(O)=C2\C(=O)C(=O)N(CCN3CCOCC3)C2c2cccc(OCc3ccccc3)c2)cc1. The third-order valence-corrected chi connectivity index (χ3v) is 7.16. The molecule has 1 atom stereocenters. The Balaban J connectivity index is 1.48. The molecule has 8 nitrogen and oxygen atoms in total. The van der Waals surface area contributed by atoms with Crippen molar-refractivity contribution >= 4 is 17.4 Å². The average Bonchev–Trinajstić information content (AvgIpc) is 3.25. The summed E-state index contributed by atoms with van der Waals surface area (Å²) in [5, 5.41) is 11.4. The summed E-state index contributed by atoms with van der Waals surface area (Å²) in [5.41, 5.74) is 2.23. The number of benzene rings is 3. The van der Waals surface area contributed by atoms with Gasteiger partial charge in [0.15, 0.2) is 0 Å². The van der Waals surface area contributed by atoms with Gasteiger partial charge in [-0.15, -0.1) is 0 Å². The molecular formula is C32H34N2O6. The zero-order valence-electron chi connectivity index (χ0n) is 22.6. The second kappa shape index (κ2) is 12.8. The molecule has 1 unspecified atom stereocenters. The van der Waals surface area contributed by atoms with Gasteiger partial charge in [-0.25, -0.2) is 0 Å². The van der Waals surface area contributed by atoms with Gasteiger partial charge in [0.2, 0.25) is 0 Å². The van der Waals surface area contributed by atoms with Crippen LogP contribution >= 0.6 is 0 Å². The zero-order valence-corrected chi connectivity index (χ0v) is 22.6. The van der Waals surface area contributed by atoms with Crippen molar-refractivity contribution in [3.8, 4) is 11.5 Å². The maximum absolute atomic E-state index is 13.4. The first-order chi connectivity index (χ1) is 19.5. The molecule has 3 aromatic carbocycles. The summed E-state index contributed by atoms with van der Waals surface area (Å²) in [4.78, 5) is 30.6. The molecule has 1 amide bonds. The van der Waals surface area contributed by atoms with Gasteiger partial charge in [0.1, 0.15) is 23.9 Å². The summed E-state index contributed by atoms with van der Waals surface area (Å²) in [7, 11) is 0. The number of ketones is 1. The molecule has 5 rings (SSSR count). The van der Waals surface area contributed by atoms with Crippen LogP contribution < -0.4 is 9.47 Å². The van der Waals surface area contributed by atoms with E-state index in [-0.39, 0.29) is 11.3 Å². The first-order valence-corrected chi connectivity index (χ1v) is 13.6. The van der Waals surface area contributed by atoms with Crippen molar-refractivity contribution in [1.29, 1.82) is 0 Å². The van der Waals surface area contributed by atoms with E-state index in [2.05, 4.69) is 4.90 Å². The van der Waals surface area contributed by atoms with E-state index < -0.39 is 17.7 Å². The second-order valence-electron chi connectivity index (χ2n) is 9.75. The van der Waals surface area contributed by atoms with Crippen molar-refractivity contribution in [2.24, 2.45) is 0 Å². The highest BCUT2D eigenvalue weighted by molar-refractivity contribution is 6.46. The Labute approximate surface area is 234 Å². The van der Waals surface area contributed by atoms with Gasteiger partial charge in [0, 0.05) is 31.7 Å². The topological polar surface area (TPSA) is 88.5 Å². The van der Waals surface area contributed by atoms with E-state index >= 15 is 0 Å². The van der Waals surface area contributed by atoms with Gasteiger partial charge in [0.25, 0.3) is 11.7 Å². The molecule has 0 saturated carbocycles. The monoisotopic (exact) mass is 542 g/mol.